The van der Waals surface area contributed by atoms with Crippen LogP contribution in [0.4, 0.5) is 10.1 Å². The van der Waals surface area contributed by atoms with E-state index in [1.54, 1.807) is 20.1 Å². The molecule has 25 heavy (non-hydrogen) atoms. The summed E-state index contributed by atoms with van der Waals surface area (Å²) < 4.78 is 23.7. The predicted octanol–water partition coefficient (Wildman–Crippen LogP) is 3.55. The van der Waals surface area contributed by atoms with Gasteiger partial charge in [-0.1, -0.05) is 6.07 Å². The summed E-state index contributed by atoms with van der Waals surface area (Å²) in [7, 11) is 3.07. The van der Waals surface area contributed by atoms with Crippen LogP contribution in [-0.4, -0.2) is 30.1 Å². The van der Waals surface area contributed by atoms with Gasteiger partial charge in [-0.15, -0.1) is 11.3 Å². The van der Waals surface area contributed by atoms with Crippen LogP contribution < -0.4 is 10.1 Å². The van der Waals surface area contributed by atoms with E-state index in [2.05, 4.69) is 15.3 Å². The minimum Gasteiger partial charge on any atom is -0.480 e. The number of amides is 1. The minimum atomic E-state index is -0.414. The molecule has 1 N–H and O–H groups in total. The number of halogens is 1. The average molecular weight is 361 g/mol. The van der Waals surface area contributed by atoms with Gasteiger partial charge in [0.05, 0.1) is 17.4 Å². The Balaban J connectivity index is 2.01. The highest BCUT2D eigenvalue weighted by molar-refractivity contribution is 7.20. The van der Waals surface area contributed by atoms with Gasteiger partial charge in [0.2, 0.25) is 5.88 Å². The van der Waals surface area contributed by atoms with Gasteiger partial charge in [-0.2, -0.15) is 4.98 Å². The maximum Gasteiger partial charge on any atom is 0.266 e. The zero-order chi connectivity index (χ0) is 18.0. The Bertz CT molecular complexity index is 942. The van der Waals surface area contributed by atoms with Gasteiger partial charge >= 0.3 is 0 Å². The van der Waals surface area contributed by atoms with Crippen molar-refractivity contribution in [3.8, 4) is 5.88 Å². The van der Waals surface area contributed by atoms with Crippen molar-refractivity contribution < 1.29 is 18.7 Å². The first-order valence-corrected chi connectivity index (χ1v) is 8.25. The summed E-state index contributed by atoms with van der Waals surface area (Å²) in [5.74, 6) is 0.129. The third-order valence-electron chi connectivity index (χ3n) is 3.56. The smallest absolute Gasteiger partial charge is 0.266 e. The summed E-state index contributed by atoms with van der Waals surface area (Å²) in [5.41, 5.74) is 1.11. The lowest BCUT2D eigenvalue weighted by Gasteiger charge is -2.05. The molecule has 2 heterocycles. The SMILES string of the molecule is COCc1nc(OC)c2c(C)c(C(=O)Nc3cccc(F)c3)sc2n1. The lowest BCUT2D eigenvalue weighted by molar-refractivity contribution is 0.103. The number of aromatic nitrogens is 2. The van der Waals surface area contributed by atoms with Crippen LogP contribution in [0.25, 0.3) is 10.2 Å². The summed E-state index contributed by atoms with van der Waals surface area (Å²) in [6.45, 7) is 2.05. The maximum absolute atomic E-state index is 13.3. The van der Waals surface area contributed by atoms with Crippen LogP contribution in [0.3, 0.4) is 0 Å². The summed E-state index contributed by atoms with van der Waals surface area (Å²) in [6, 6.07) is 5.74. The van der Waals surface area contributed by atoms with Gasteiger partial charge < -0.3 is 14.8 Å². The van der Waals surface area contributed by atoms with Crippen LogP contribution >= 0.6 is 11.3 Å². The Morgan fingerprint density at radius 1 is 1.32 bits per heavy atom. The van der Waals surface area contributed by atoms with Gasteiger partial charge in [-0.3, -0.25) is 4.79 Å². The molecule has 0 aliphatic carbocycles. The Morgan fingerprint density at radius 2 is 2.12 bits per heavy atom. The maximum atomic E-state index is 13.3. The second-order valence-electron chi connectivity index (χ2n) is 5.28. The van der Waals surface area contributed by atoms with E-state index < -0.39 is 5.82 Å². The average Bonchev–Trinajstić information content (AvgIpc) is 2.91. The van der Waals surface area contributed by atoms with Crippen molar-refractivity contribution in [1.82, 2.24) is 9.97 Å². The van der Waals surface area contributed by atoms with Crippen LogP contribution in [0.2, 0.25) is 0 Å². The highest BCUT2D eigenvalue weighted by atomic mass is 32.1. The molecule has 130 valence electrons. The van der Waals surface area contributed by atoms with Crippen molar-refractivity contribution in [3.05, 3.63) is 46.3 Å². The lowest BCUT2D eigenvalue weighted by Crippen LogP contribution is -2.11. The number of fused-ring (bicyclic) bond motifs is 1. The van der Waals surface area contributed by atoms with Crippen molar-refractivity contribution in [3.63, 3.8) is 0 Å². The molecule has 0 spiro atoms. The topological polar surface area (TPSA) is 73.3 Å². The fourth-order valence-corrected chi connectivity index (χ4v) is 3.54. The van der Waals surface area contributed by atoms with Crippen LogP contribution in [-0.2, 0) is 11.3 Å². The van der Waals surface area contributed by atoms with Gasteiger partial charge in [0, 0.05) is 12.8 Å². The zero-order valence-electron chi connectivity index (χ0n) is 13.9. The number of hydrogen-bond acceptors (Lipinski definition) is 6. The van der Waals surface area contributed by atoms with Gasteiger partial charge in [0.1, 0.15) is 17.3 Å². The van der Waals surface area contributed by atoms with Crippen LogP contribution in [0, 0.1) is 12.7 Å². The standard InChI is InChI=1S/C17H16FN3O3S/c1-9-13-16(24-3)20-12(8-23-2)21-17(13)25-14(9)15(22)19-11-6-4-5-10(18)7-11/h4-7H,8H2,1-3H3,(H,19,22). The molecule has 8 heteroatoms. The molecule has 0 bridgehead atoms. The van der Waals surface area contributed by atoms with Crippen LogP contribution in [0.5, 0.6) is 5.88 Å². The quantitative estimate of drug-likeness (QED) is 0.752. The summed E-state index contributed by atoms with van der Waals surface area (Å²) >= 11 is 1.23. The lowest BCUT2D eigenvalue weighted by atomic mass is 10.2. The molecule has 2 aromatic heterocycles. The molecule has 3 rings (SSSR count). The number of carbonyl (C=O) groups excluding carboxylic acids is 1. The molecule has 1 amide bonds. The van der Waals surface area contributed by atoms with Crippen molar-refractivity contribution in [2.75, 3.05) is 19.5 Å². The molecule has 3 aromatic rings. The van der Waals surface area contributed by atoms with Crippen molar-refractivity contribution in [2.24, 2.45) is 0 Å². The molecule has 0 aliphatic rings. The van der Waals surface area contributed by atoms with Crippen molar-refractivity contribution in [2.45, 2.75) is 13.5 Å². The Morgan fingerprint density at radius 3 is 2.80 bits per heavy atom. The number of benzene rings is 1. The summed E-state index contributed by atoms with van der Waals surface area (Å²) in [4.78, 5) is 22.4. The summed E-state index contributed by atoms with van der Waals surface area (Å²) in [6.07, 6.45) is 0. The van der Waals surface area contributed by atoms with E-state index in [4.69, 9.17) is 9.47 Å². The first kappa shape index (κ1) is 17.2. The molecule has 0 saturated carbocycles. The van der Waals surface area contributed by atoms with E-state index in [9.17, 15) is 9.18 Å². The third-order valence-corrected chi connectivity index (χ3v) is 4.74. The highest BCUT2D eigenvalue weighted by Crippen LogP contribution is 2.35. The Kier molecular flexibility index (Phi) is 4.91. The first-order chi connectivity index (χ1) is 12.0. The first-order valence-electron chi connectivity index (χ1n) is 7.43. The number of carbonyl (C=O) groups is 1. The van der Waals surface area contributed by atoms with E-state index in [-0.39, 0.29) is 12.5 Å². The second-order valence-corrected chi connectivity index (χ2v) is 6.28. The molecule has 0 radical (unpaired) electrons. The number of nitrogens with zero attached hydrogens (tertiary/aromatic N) is 2. The molecule has 0 saturated heterocycles. The number of aryl methyl sites for hydroxylation is 1. The van der Waals surface area contributed by atoms with E-state index in [0.29, 0.717) is 32.5 Å². The van der Waals surface area contributed by atoms with Gasteiger partial charge in [0.25, 0.3) is 5.91 Å². The van der Waals surface area contributed by atoms with Gasteiger partial charge in [-0.05, 0) is 30.7 Å². The number of ether oxygens (including phenoxy) is 2. The second kappa shape index (κ2) is 7.12. The molecular weight excluding hydrogens is 345 g/mol. The molecule has 0 aliphatic heterocycles. The largest absolute Gasteiger partial charge is 0.480 e. The Labute approximate surface area is 147 Å². The normalized spacial score (nSPS) is 10.9. The van der Waals surface area contributed by atoms with Gasteiger partial charge in [-0.25, -0.2) is 9.37 Å². The number of nitrogens with one attached hydrogen (secondary N) is 1. The molecule has 6 nitrogen and oxygen atoms in total. The fourth-order valence-electron chi connectivity index (χ4n) is 2.46. The number of anilines is 1. The van der Waals surface area contributed by atoms with Crippen LogP contribution in [0.15, 0.2) is 24.3 Å². The Hall–Kier alpha value is -2.58. The van der Waals surface area contributed by atoms with E-state index >= 15 is 0 Å². The molecule has 1 aromatic carbocycles. The van der Waals surface area contributed by atoms with E-state index in [0.717, 1.165) is 5.56 Å². The number of methoxy groups -OCH3 is 2. The molecule has 0 fully saturated rings. The molecular formula is C17H16FN3O3S. The molecule has 0 atom stereocenters. The predicted molar refractivity (Wildman–Crippen MR) is 93.8 cm³/mol. The van der Waals surface area contributed by atoms with Crippen molar-refractivity contribution >= 4 is 33.1 Å². The third kappa shape index (κ3) is 3.45. The minimum absolute atomic E-state index is 0.244. The number of thiophene rings is 1. The van der Waals surface area contributed by atoms with Gasteiger partial charge in [0.15, 0.2) is 5.82 Å². The number of hydrogen-bond donors (Lipinski definition) is 1. The monoisotopic (exact) mass is 361 g/mol. The highest BCUT2D eigenvalue weighted by Gasteiger charge is 2.21. The van der Waals surface area contributed by atoms with Crippen molar-refractivity contribution in [1.29, 1.82) is 0 Å². The summed E-state index contributed by atoms with van der Waals surface area (Å²) in [5, 5.41) is 3.39. The number of rotatable bonds is 5. The molecule has 0 unspecified atom stereocenters. The van der Waals surface area contributed by atoms with Crippen LogP contribution in [0.1, 0.15) is 21.1 Å². The fraction of sp³-hybridized carbons (Fsp3) is 0.235. The van der Waals surface area contributed by atoms with E-state index in [1.165, 1.54) is 36.6 Å². The van der Waals surface area contributed by atoms with E-state index in [1.807, 2.05) is 0 Å². The zero-order valence-corrected chi connectivity index (χ0v) is 14.7.